The van der Waals surface area contributed by atoms with Crippen LogP contribution in [0.5, 0.6) is 5.75 Å². The molecular formula is C17H27ClN2O. The second-order valence-electron chi connectivity index (χ2n) is 7.48. The van der Waals surface area contributed by atoms with Gasteiger partial charge in [0.1, 0.15) is 11.5 Å². The van der Waals surface area contributed by atoms with E-state index in [2.05, 4.69) is 44.6 Å². The first-order valence-corrected chi connectivity index (χ1v) is 8.42. The van der Waals surface area contributed by atoms with E-state index in [4.69, 9.17) is 16.3 Å². The minimum absolute atomic E-state index is 0.235. The van der Waals surface area contributed by atoms with Crippen molar-refractivity contribution in [2.24, 2.45) is 11.3 Å². The number of aromatic nitrogens is 2. The fourth-order valence-electron chi connectivity index (χ4n) is 3.42. The van der Waals surface area contributed by atoms with Crippen LogP contribution in [0.3, 0.4) is 0 Å². The van der Waals surface area contributed by atoms with Crippen LogP contribution in [0, 0.1) is 11.3 Å². The van der Waals surface area contributed by atoms with Gasteiger partial charge in [0, 0.05) is 5.92 Å². The zero-order valence-electron chi connectivity index (χ0n) is 13.8. The van der Waals surface area contributed by atoms with Crippen molar-refractivity contribution in [3.05, 3.63) is 17.7 Å². The highest BCUT2D eigenvalue weighted by Gasteiger charge is 2.33. The standard InChI is InChI=1S/C17H27ClN2O/c1-11(2)16-19-10-15(14(9-18)20-16)21-13-6-12(3)7-17(4,5)8-13/h10-13H,6-9H2,1-5H3. The summed E-state index contributed by atoms with van der Waals surface area (Å²) in [5.74, 6) is 2.94. The first-order valence-electron chi connectivity index (χ1n) is 7.89. The molecule has 2 atom stereocenters. The fraction of sp³-hybridized carbons (Fsp3) is 0.765. The average molecular weight is 311 g/mol. The van der Waals surface area contributed by atoms with E-state index in [0.717, 1.165) is 30.1 Å². The number of nitrogens with zero attached hydrogens (tertiary/aromatic N) is 2. The van der Waals surface area contributed by atoms with Crippen LogP contribution >= 0.6 is 11.6 Å². The number of hydrogen-bond donors (Lipinski definition) is 0. The van der Waals surface area contributed by atoms with Crippen LogP contribution < -0.4 is 4.74 Å². The van der Waals surface area contributed by atoms with Crippen LogP contribution in [0.4, 0.5) is 0 Å². The molecule has 0 aliphatic heterocycles. The van der Waals surface area contributed by atoms with E-state index in [1.165, 1.54) is 6.42 Å². The summed E-state index contributed by atoms with van der Waals surface area (Å²) in [5.41, 5.74) is 1.15. The maximum Gasteiger partial charge on any atom is 0.160 e. The highest BCUT2D eigenvalue weighted by Crippen LogP contribution is 2.40. The first-order chi connectivity index (χ1) is 9.80. The third-order valence-electron chi connectivity index (χ3n) is 4.13. The zero-order chi connectivity index (χ0) is 15.6. The minimum Gasteiger partial charge on any atom is -0.487 e. The molecule has 0 spiro atoms. The van der Waals surface area contributed by atoms with Gasteiger partial charge in [-0.25, -0.2) is 9.97 Å². The number of ether oxygens (including phenoxy) is 1. The van der Waals surface area contributed by atoms with Gasteiger partial charge in [-0.2, -0.15) is 0 Å². The van der Waals surface area contributed by atoms with Gasteiger partial charge in [-0.1, -0.05) is 34.6 Å². The van der Waals surface area contributed by atoms with E-state index in [1.54, 1.807) is 6.20 Å². The second kappa shape index (κ2) is 6.51. The number of halogens is 1. The molecule has 1 heterocycles. The van der Waals surface area contributed by atoms with Crippen LogP contribution in [0.25, 0.3) is 0 Å². The molecule has 3 nitrogen and oxygen atoms in total. The van der Waals surface area contributed by atoms with E-state index in [1.807, 2.05) is 0 Å². The van der Waals surface area contributed by atoms with Crippen molar-refractivity contribution in [1.82, 2.24) is 9.97 Å². The van der Waals surface area contributed by atoms with E-state index < -0.39 is 0 Å². The van der Waals surface area contributed by atoms with Gasteiger partial charge in [-0.3, -0.25) is 0 Å². The maximum atomic E-state index is 6.21. The molecule has 2 unspecified atom stereocenters. The summed E-state index contributed by atoms with van der Waals surface area (Å²) in [6.07, 6.45) is 5.46. The van der Waals surface area contributed by atoms with Crippen molar-refractivity contribution in [1.29, 1.82) is 0 Å². The van der Waals surface area contributed by atoms with E-state index in [9.17, 15) is 0 Å². The molecule has 1 fully saturated rings. The largest absolute Gasteiger partial charge is 0.487 e. The molecule has 118 valence electrons. The van der Waals surface area contributed by atoms with Crippen LogP contribution in [-0.2, 0) is 5.88 Å². The molecule has 4 heteroatoms. The fourth-order valence-corrected chi connectivity index (χ4v) is 3.61. The lowest BCUT2D eigenvalue weighted by Crippen LogP contribution is -2.34. The van der Waals surface area contributed by atoms with Crippen molar-refractivity contribution < 1.29 is 4.74 Å². The molecule has 1 aromatic rings. The Morgan fingerprint density at radius 2 is 2.10 bits per heavy atom. The molecule has 1 saturated carbocycles. The highest BCUT2D eigenvalue weighted by atomic mass is 35.5. The van der Waals surface area contributed by atoms with Gasteiger partial charge in [-0.05, 0) is 30.6 Å². The highest BCUT2D eigenvalue weighted by molar-refractivity contribution is 6.17. The average Bonchev–Trinajstić information content (AvgIpc) is 2.36. The smallest absolute Gasteiger partial charge is 0.160 e. The van der Waals surface area contributed by atoms with Gasteiger partial charge in [-0.15, -0.1) is 11.6 Å². The molecule has 0 aromatic carbocycles. The predicted molar refractivity (Wildman–Crippen MR) is 86.9 cm³/mol. The molecule has 0 radical (unpaired) electrons. The van der Waals surface area contributed by atoms with E-state index in [0.29, 0.717) is 23.1 Å². The normalized spacial score (nSPS) is 25.1. The van der Waals surface area contributed by atoms with Crippen LogP contribution in [0.1, 0.15) is 71.3 Å². The maximum absolute atomic E-state index is 6.21. The lowest BCUT2D eigenvalue weighted by molar-refractivity contribution is 0.0551. The Hall–Kier alpha value is -0.830. The van der Waals surface area contributed by atoms with Gasteiger partial charge in [0.15, 0.2) is 5.75 Å². The second-order valence-corrected chi connectivity index (χ2v) is 7.75. The molecule has 2 rings (SSSR count). The number of rotatable bonds is 4. The van der Waals surface area contributed by atoms with Gasteiger partial charge < -0.3 is 4.74 Å². The van der Waals surface area contributed by atoms with E-state index >= 15 is 0 Å². The van der Waals surface area contributed by atoms with Crippen molar-refractivity contribution in [3.63, 3.8) is 0 Å². The summed E-state index contributed by atoms with van der Waals surface area (Å²) < 4.78 is 6.21. The third-order valence-corrected chi connectivity index (χ3v) is 4.38. The van der Waals surface area contributed by atoms with Crippen molar-refractivity contribution >= 4 is 11.6 Å². The number of hydrogen-bond acceptors (Lipinski definition) is 3. The summed E-state index contributed by atoms with van der Waals surface area (Å²) in [6.45, 7) is 11.1. The van der Waals surface area contributed by atoms with Gasteiger partial charge in [0.2, 0.25) is 0 Å². The molecule has 0 amide bonds. The molecule has 0 bridgehead atoms. The molecule has 1 aliphatic carbocycles. The third kappa shape index (κ3) is 4.32. The topological polar surface area (TPSA) is 35.0 Å². The molecule has 0 saturated heterocycles. The monoisotopic (exact) mass is 310 g/mol. The Bertz CT molecular complexity index is 488. The quantitative estimate of drug-likeness (QED) is 0.739. The minimum atomic E-state index is 0.235. The zero-order valence-corrected chi connectivity index (χ0v) is 14.6. The van der Waals surface area contributed by atoms with Crippen LogP contribution in [0.15, 0.2) is 6.20 Å². The lowest BCUT2D eigenvalue weighted by Gasteiger charge is -2.38. The summed E-state index contributed by atoms with van der Waals surface area (Å²) in [7, 11) is 0. The molecule has 1 aromatic heterocycles. The van der Waals surface area contributed by atoms with E-state index in [-0.39, 0.29) is 6.10 Å². The Kier molecular flexibility index (Phi) is 5.13. The van der Waals surface area contributed by atoms with Crippen molar-refractivity contribution in [2.45, 2.75) is 71.8 Å². The Morgan fingerprint density at radius 3 is 2.67 bits per heavy atom. The van der Waals surface area contributed by atoms with Gasteiger partial charge in [0.25, 0.3) is 0 Å². The molecule has 1 aliphatic rings. The SMILES string of the molecule is CC1CC(Oc2cnc(C(C)C)nc2CCl)CC(C)(C)C1. The number of alkyl halides is 1. The Balaban J connectivity index is 2.15. The summed E-state index contributed by atoms with van der Waals surface area (Å²) in [5, 5.41) is 0. The van der Waals surface area contributed by atoms with Gasteiger partial charge >= 0.3 is 0 Å². The van der Waals surface area contributed by atoms with Crippen molar-refractivity contribution in [2.75, 3.05) is 0 Å². The Labute approximate surface area is 133 Å². The lowest BCUT2D eigenvalue weighted by atomic mass is 9.71. The Morgan fingerprint density at radius 1 is 1.38 bits per heavy atom. The van der Waals surface area contributed by atoms with Gasteiger partial charge in [0.05, 0.1) is 18.2 Å². The summed E-state index contributed by atoms with van der Waals surface area (Å²) in [4.78, 5) is 8.96. The predicted octanol–water partition coefficient (Wildman–Crippen LogP) is 4.93. The molecule has 0 N–H and O–H groups in total. The van der Waals surface area contributed by atoms with Crippen molar-refractivity contribution in [3.8, 4) is 5.75 Å². The first kappa shape index (κ1) is 16.5. The van der Waals surface area contributed by atoms with Crippen LogP contribution in [-0.4, -0.2) is 16.1 Å². The summed E-state index contributed by atoms with van der Waals surface area (Å²) in [6, 6.07) is 0. The molecule has 21 heavy (non-hydrogen) atoms. The molecular weight excluding hydrogens is 284 g/mol. The van der Waals surface area contributed by atoms with Crippen LogP contribution in [0.2, 0.25) is 0 Å². The summed E-state index contributed by atoms with van der Waals surface area (Å²) >= 11 is 6.04.